The maximum Gasteiger partial charge on any atom is 0.0456 e. The zero-order chi connectivity index (χ0) is 7.68. The summed E-state index contributed by atoms with van der Waals surface area (Å²) in [7, 11) is 0. The van der Waals surface area contributed by atoms with Crippen molar-refractivity contribution < 1.29 is 0 Å². The average Bonchev–Trinajstić information content (AvgIpc) is 2.06. The Morgan fingerprint density at radius 3 is 2.75 bits per heavy atom. The van der Waals surface area contributed by atoms with Gasteiger partial charge in [0.2, 0.25) is 0 Å². The predicted molar refractivity (Wildman–Crippen MR) is 52.5 cm³/mol. The van der Waals surface area contributed by atoms with E-state index in [0.717, 1.165) is 18.5 Å². The summed E-state index contributed by atoms with van der Waals surface area (Å²) in [6, 6.07) is 1.89. The highest BCUT2D eigenvalue weighted by atomic mass is 35.5. The minimum atomic E-state index is 0. The number of anilines is 1. The van der Waals surface area contributed by atoms with Crippen molar-refractivity contribution in [3.8, 4) is 0 Å². The molecule has 2 nitrogen and oxygen atoms in total. The lowest BCUT2D eigenvalue weighted by Gasteiger charge is -2.15. The second-order valence-corrected chi connectivity index (χ2v) is 3.03. The van der Waals surface area contributed by atoms with E-state index in [-0.39, 0.29) is 12.4 Å². The number of rotatable bonds is 0. The highest BCUT2D eigenvalue weighted by molar-refractivity contribution is 5.85. The summed E-state index contributed by atoms with van der Waals surface area (Å²) >= 11 is 0. The zero-order valence-corrected chi connectivity index (χ0v) is 7.73. The molecule has 2 rings (SSSR count). The molecule has 12 heavy (non-hydrogen) atoms. The number of nitrogen functional groups attached to an aromatic ring is 1. The molecule has 66 valence electrons. The number of halogens is 1. The third-order valence-electron chi connectivity index (χ3n) is 2.27. The SMILES string of the molecule is Cl.Nc1ccnc2c1CCCC2. The quantitative estimate of drug-likeness (QED) is 0.670. The summed E-state index contributed by atoms with van der Waals surface area (Å²) in [6.45, 7) is 0. The van der Waals surface area contributed by atoms with Gasteiger partial charge in [-0.2, -0.15) is 0 Å². The van der Waals surface area contributed by atoms with Gasteiger partial charge in [0.25, 0.3) is 0 Å². The first-order valence-corrected chi connectivity index (χ1v) is 4.10. The van der Waals surface area contributed by atoms with Crippen LogP contribution in [0.5, 0.6) is 0 Å². The van der Waals surface area contributed by atoms with Crippen LogP contribution in [0.2, 0.25) is 0 Å². The number of nitrogens with two attached hydrogens (primary N) is 1. The lowest BCUT2D eigenvalue weighted by Crippen LogP contribution is -2.07. The molecule has 0 fully saturated rings. The van der Waals surface area contributed by atoms with Gasteiger partial charge < -0.3 is 5.73 Å². The van der Waals surface area contributed by atoms with Gasteiger partial charge in [-0.25, -0.2) is 0 Å². The van der Waals surface area contributed by atoms with E-state index in [0.29, 0.717) is 0 Å². The Morgan fingerprint density at radius 1 is 1.25 bits per heavy atom. The summed E-state index contributed by atoms with van der Waals surface area (Å²) < 4.78 is 0. The molecule has 1 aliphatic carbocycles. The third kappa shape index (κ3) is 1.53. The lowest BCUT2D eigenvalue weighted by molar-refractivity contribution is 0.669. The van der Waals surface area contributed by atoms with Gasteiger partial charge in [-0.1, -0.05) is 0 Å². The molecule has 0 unspecified atom stereocenters. The van der Waals surface area contributed by atoms with Gasteiger partial charge in [0.15, 0.2) is 0 Å². The van der Waals surface area contributed by atoms with Crippen molar-refractivity contribution >= 4 is 18.1 Å². The van der Waals surface area contributed by atoms with Gasteiger partial charge in [-0.3, -0.25) is 4.98 Å². The highest BCUT2D eigenvalue weighted by Gasteiger charge is 2.11. The average molecular weight is 185 g/mol. The van der Waals surface area contributed by atoms with E-state index in [1.54, 1.807) is 6.20 Å². The molecule has 0 atom stereocenters. The van der Waals surface area contributed by atoms with Crippen LogP contribution in [0.4, 0.5) is 5.69 Å². The second-order valence-electron chi connectivity index (χ2n) is 3.03. The first kappa shape index (κ1) is 9.33. The molecule has 1 aliphatic rings. The summed E-state index contributed by atoms with van der Waals surface area (Å²) in [6.07, 6.45) is 6.57. The van der Waals surface area contributed by atoms with Crippen LogP contribution in [-0.4, -0.2) is 4.98 Å². The van der Waals surface area contributed by atoms with Gasteiger partial charge in [0, 0.05) is 17.6 Å². The van der Waals surface area contributed by atoms with Crippen molar-refractivity contribution in [2.75, 3.05) is 5.73 Å². The number of aryl methyl sites for hydroxylation is 1. The Bertz CT molecular complexity index is 273. The van der Waals surface area contributed by atoms with Crippen LogP contribution >= 0.6 is 12.4 Å². The van der Waals surface area contributed by atoms with Crippen molar-refractivity contribution in [2.45, 2.75) is 25.7 Å². The Morgan fingerprint density at radius 2 is 2.00 bits per heavy atom. The number of aromatic nitrogens is 1. The van der Waals surface area contributed by atoms with E-state index in [1.165, 1.54) is 24.1 Å². The standard InChI is InChI=1S/C9H12N2.ClH/c10-8-5-6-11-9-4-2-1-3-7(8)9;/h5-6H,1-4H2,(H2,10,11);1H. The normalized spacial score (nSPS) is 14.7. The Kier molecular flexibility index (Phi) is 2.93. The molecule has 1 heterocycles. The van der Waals surface area contributed by atoms with Crippen LogP contribution in [-0.2, 0) is 12.8 Å². The van der Waals surface area contributed by atoms with Gasteiger partial charge >= 0.3 is 0 Å². The van der Waals surface area contributed by atoms with Crippen molar-refractivity contribution in [3.05, 3.63) is 23.5 Å². The van der Waals surface area contributed by atoms with Crippen LogP contribution in [0.15, 0.2) is 12.3 Å². The number of hydrogen-bond donors (Lipinski definition) is 1. The number of hydrogen-bond acceptors (Lipinski definition) is 2. The van der Waals surface area contributed by atoms with Gasteiger partial charge in [0.05, 0.1) is 0 Å². The van der Waals surface area contributed by atoms with E-state index in [2.05, 4.69) is 4.98 Å². The third-order valence-corrected chi connectivity index (χ3v) is 2.27. The molecule has 3 heteroatoms. The molecule has 1 aromatic heterocycles. The van der Waals surface area contributed by atoms with Crippen LogP contribution in [0, 0.1) is 0 Å². The van der Waals surface area contributed by atoms with Crippen LogP contribution < -0.4 is 5.73 Å². The van der Waals surface area contributed by atoms with Crippen molar-refractivity contribution in [3.63, 3.8) is 0 Å². The molecule has 0 bridgehead atoms. The fourth-order valence-corrected chi connectivity index (χ4v) is 1.65. The highest BCUT2D eigenvalue weighted by Crippen LogP contribution is 2.23. The van der Waals surface area contributed by atoms with E-state index in [4.69, 9.17) is 5.73 Å². The van der Waals surface area contributed by atoms with Gasteiger partial charge in [-0.15, -0.1) is 12.4 Å². The molecule has 2 N–H and O–H groups in total. The minimum absolute atomic E-state index is 0. The summed E-state index contributed by atoms with van der Waals surface area (Å²) in [5.41, 5.74) is 9.24. The monoisotopic (exact) mass is 184 g/mol. The number of fused-ring (bicyclic) bond motifs is 1. The van der Waals surface area contributed by atoms with E-state index < -0.39 is 0 Å². The smallest absolute Gasteiger partial charge is 0.0456 e. The Labute approximate surface area is 78.6 Å². The van der Waals surface area contributed by atoms with E-state index in [9.17, 15) is 0 Å². The first-order valence-electron chi connectivity index (χ1n) is 4.10. The van der Waals surface area contributed by atoms with Crippen molar-refractivity contribution in [1.29, 1.82) is 0 Å². The van der Waals surface area contributed by atoms with Crippen LogP contribution in [0.1, 0.15) is 24.1 Å². The number of nitrogens with zero attached hydrogens (tertiary/aromatic N) is 1. The fourth-order valence-electron chi connectivity index (χ4n) is 1.65. The van der Waals surface area contributed by atoms with Gasteiger partial charge in [0.1, 0.15) is 0 Å². The summed E-state index contributed by atoms with van der Waals surface area (Å²) in [4.78, 5) is 4.30. The molecule has 0 aliphatic heterocycles. The molecule has 0 amide bonds. The topological polar surface area (TPSA) is 38.9 Å². The second kappa shape index (κ2) is 3.76. The molecule has 0 radical (unpaired) electrons. The molecule has 1 aromatic rings. The summed E-state index contributed by atoms with van der Waals surface area (Å²) in [5, 5.41) is 0. The maximum atomic E-state index is 5.80. The lowest BCUT2D eigenvalue weighted by atomic mass is 9.95. The summed E-state index contributed by atoms with van der Waals surface area (Å²) in [5.74, 6) is 0. The van der Waals surface area contributed by atoms with Crippen molar-refractivity contribution in [1.82, 2.24) is 4.98 Å². The van der Waals surface area contributed by atoms with E-state index in [1.807, 2.05) is 6.07 Å². The Balaban J connectivity index is 0.000000720. The first-order chi connectivity index (χ1) is 5.38. The van der Waals surface area contributed by atoms with Gasteiger partial charge in [-0.05, 0) is 37.3 Å². The minimum Gasteiger partial charge on any atom is -0.398 e. The maximum absolute atomic E-state index is 5.80. The van der Waals surface area contributed by atoms with Crippen molar-refractivity contribution in [2.24, 2.45) is 0 Å². The fraction of sp³-hybridized carbons (Fsp3) is 0.444. The molecule has 0 spiro atoms. The van der Waals surface area contributed by atoms with Crippen LogP contribution in [0.25, 0.3) is 0 Å². The van der Waals surface area contributed by atoms with Crippen LogP contribution in [0.3, 0.4) is 0 Å². The largest absolute Gasteiger partial charge is 0.398 e. The Hall–Kier alpha value is -0.760. The molecule has 0 saturated heterocycles. The number of pyridine rings is 1. The predicted octanol–water partition coefficient (Wildman–Crippen LogP) is 1.96. The molecule has 0 aromatic carbocycles. The molecule has 0 saturated carbocycles. The van der Waals surface area contributed by atoms with E-state index >= 15 is 0 Å². The zero-order valence-electron chi connectivity index (χ0n) is 6.92. The molecular formula is C9H13ClN2. The molecular weight excluding hydrogens is 172 g/mol.